The molecule has 37 heavy (non-hydrogen) atoms. The minimum Gasteiger partial charge on any atom is -0.493 e. The lowest BCUT2D eigenvalue weighted by atomic mass is 9.85. The van der Waals surface area contributed by atoms with E-state index in [1.165, 1.54) is 21.6 Å². The van der Waals surface area contributed by atoms with E-state index >= 15 is 0 Å². The lowest BCUT2D eigenvalue weighted by Gasteiger charge is -2.42. The minimum absolute atomic E-state index is 0.0660. The Morgan fingerprint density at radius 3 is 2.49 bits per heavy atom. The van der Waals surface area contributed by atoms with E-state index in [0.717, 1.165) is 50.4 Å². The normalized spacial score (nSPS) is 18.9. The van der Waals surface area contributed by atoms with E-state index in [2.05, 4.69) is 40.2 Å². The summed E-state index contributed by atoms with van der Waals surface area (Å²) < 4.78 is 5.65. The smallest absolute Gasteiger partial charge is 0.328 e. The highest BCUT2D eigenvalue weighted by molar-refractivity contribution is 6.07. The molecule has 3 aliphatic heterocycles. The zero-order valence-electron chi connectivity index (χ0n) is 21.0. The number of ether oxygens (including phenoxy) is 1. The van der Waals surface area contributed by atoms with Crippen LogP contribution >= 0.6 is 0 Å². The molecule has 0 saturated carbocycles. The van der Waals surface area contributed by atoms with Gasteiger partial charge in [-0.1, -0.05) is 48.5 Å². The highest BCUT2D eigenvalue weighted by atomic mass is 16.5. The van der Waals surface area contributed by atoms with E-state index in [0.29, 0.717) is 19.4 Å². The Hall–Kier alpha value is -3.71. The molecule has 3 aliphatic rings. The van der Waals surface area contributed by atoms with Crippen molar-refractivity contribution in [2.24, 2.45) is 0 Å². The third-order valence-electron chi connectivity index (χ3n) is 8.00. The number of pyridine rings is 1. The van der Waals surface area contributed by atoms with E-state index in [1.807, 2.05) is 35.2 Å². The standard InChI is InChI=1S/C30H32N4O3/c35-28-30(12-16-32(17-13-30)21-24-8-9-27-26(19-24)11-18-37-27)34(15-10-23-5-2-1-3-6-23)29(36)33(28)22-25-7-4-14-31-20-25/h1-9,14,19-20H,10-13,15-18,21-22H2. The lowest BCUT2D eigenvalue weighted by Crippen LogP contribution is -2.56. The molecule has 7 heteroatoms. The predicted molar refractivity (Wildman–Crippen MR) is 140 cm³/mol. The van der Waals surface area contributed by atoms with Gasteiger partial charge >= 0.3 is 6.03 Å². The van der Waals surface area contributed by atoms with Crippen LogP contribution in [0.25, 0.3) is 0 Å². The van der Waals surface area contributed by atoms with Crippen molar-refractivity contribution in [1.82, 2.24) is 19.7 Å². The van der Waals surface area contributed by atoms with Crippen molar-refractivity contribution in [2.75, 3.05) is 26.2 Å². The van der Waals surface area contributed by atoms with Crippen molar-refractivity contribution in [3.63, 3.8) is 0 Å². The Balaban J connectivity index is 1.20. The van der Waals surface area contributed by atoms with Gasteiger partial charge in [0.15, 0.2) is 0 Å². The summed E-state index contributed by atoms with van der Waals surface area (Å²) in [6.45, 7) is 3.94. The molecule has 2 fully saturated rings. The number of imide groups is 1. The van der Waals surface area contributed by atoms with Crippen molar-refractivity contribution in [2.45, 2.75) is 44.3 Å². The van der Waals surface area contributed by atoms with Gasteiger partial charge in [0.05, 0.1) is 13.2 Å². The molecule has 6 rings (SSSR count). The Kier molecular flexibility index (Phi) is 6.38. The van der Waals surface area contributed by atoms with E-state index < -0.39 is 5.54 Å². The summed E-state index contributed by atoms with van der Waals surface area (Å²) in [4.78, 5) is 37.5. The molecule has 2 aromatic carbocycles. The van der Waals surface area contributed by atoms with Gasteiger partial charge in [-0.25, -0.2) is 4.79 Å². The second-order valence-electron chi connectivity index (χ2n) is 10.3. The van der Waals surface area contributed by atoms with Crippen LogP contribution in [0.15, 0.2) is 73.1 Å². The summed E-state index contributed by atoms with van der Waals surface area (Å²) in [5.74, 6) is 0.933. The van der Waals surface area contributed by atoms with Gasteiger partial charge in [0, 0.05) is 45.0 Å². The van der Waals surface area contributed by atoms with Gasteiger partial charge in [-0.2, -0.15) is 0 Å². The lowest BCUT2D eigenvalue weighted by molar-refractivity contribution is -0.136. The molecule has 1 spiro atoms. The number of amides is 3. The van der Waals surface area contributed by atoms with Crippen molar-refractivity contribution in [1.29, 1.82) is 0 Å². The highest BCUT2D eigenvalue weighted by Gasteiger charge is 2.57. The Morgan fingerprint density at radius 2 is 1.70 bits per heavy atom. The number of benzene rings is 2. The van der Waals surface area contributed by atoms with Crippen molar-refractivity contribution >= 4 is 11.9 Å². The van der Waals surface area contributed by atoms with E-state index in [4.69, 9.17) is 4.74 Å². The van der Waals surface area contributed by atoms with Crippen LogP contribution in [-0.4, -0.2) is 63.4 Å². The van der Waals surface area contributed by atoms with Crippen LogP contribution in [0, 0.1) is 0 Å². The number of hydrogen-bond donors (Lipinski definition) is 0. The third-order valence-corrected chi connectivity index (χ3v) is 8.00. The molecule has 2 saturated heterocycles. The quantitative estimate of drug-likeness (QED) is 0.462. The van der Waals surface area contributed by atoms with Crippen LogP contribution in [0.3, 0.4) is 0 Å². The van der Waals surface area contributed by atoms with Crippen LogP contribution in [0.2, 0.25) is 0 Å². The number of carbonyl (C=O) groups is 2. The molecule has 1 aromatic heterocycles. The molecule has 190 valence electrons. The van der Waals surface area contributed by atoms with E-state index in [1.54, 1.807) is 12.4 Å². The number of rotatable bonds is 7. The molecule has 7 nitrogen and oxygen atoms in total. The van der Waals surface area contributed by atoms with Gasteiger partial charge in [0.1, 0.15) is 11.3 Å². The van der Waals surface area contributed by atoms with Crippen LogP contribution in [0.5, 0.6) is 5.75 Å². The number of hydrogen-bond acceptors (Lipinski definition) is 5. The molecule has 3 amide bonds. The van der Waals surface area contributed by atoms with Gasteiger partial charge < -0.3 is 9.64 Å². The van der Waals surface area contributed by atoms with Crippen LogP contribution in [0.4, 0.5) is 4.79 Å². The first-order chi connectivity index (χ1) is 18.1. The number of nitrogens with zero attached hydrogens (tertiary/aromatic N) is 4. The minimum atomic E-state index is -0.781. The van der Waals surface area contributed by atoms with Gasteiger partial charge in [-0.05, 0) is 53.6 Å². The van der Waals surface area contributed by atoms with Gasteiger partial charge in [0.25, 0.3) is 5.91 Å². The molecule has 0 aliphatic carbocycles. The number of aromatic nitrogens is 1. The summed E-state index contributed by atoms with van der Waals surface area (Å²) in [5.41, 5.74) is 3.80. The zero-order valence-corrected chi connectivity index (χ0v) is 21.0. The fourth-order valence-electron chi connectivity index (χ4n) is 5.95. The highest BCUT2D eigenvalue weighted by Crippen LogP contribution is 2.38. The largest absolute Gasteiger partial charge is 0.493 e. The summed E-state index contributed by atoms with van der Waals surface area (Å²) in [5, 5.41) is 0. The maximum Gasteiger partial charge on any atom is 0.328 e. The summed E-state index contributed by atoms with van der Waals surface area (Å²) in [6, 6.07) is 20.2. The van der Waals surface area contributed by atoms with E-state index in [9.17, 15) is 9.59 Å². The SMILES string of the molecule is O=C1N(Cc2cccnc2)C(=O)C2(CCN(Cc3ccc4c(c3)CCO4)CC2)N1CCc1ccccc1. The topological polar surface area (TPSA) is 66.0 Å². The summed E-state index contributed by atoms with van der Waals surface area (Å²) in [7, 11) is 0. The second kappa shape index (κ2) is 9.98. The van der Waals surface area contributed by atoms with Crippen LogP contribution in [0.1, 0.15) is 35.1 Å². The molecule has 0 atom stereocenters. The number of piperidine rings is 1. The molecule has 0 bridgehead atoms. The number of carbonyl (C=O) groups excluding carboxylic acids is 2. The Morgan fingerprint density at radius 1 is 0.892 bits per heavy atom. The van der Waals surface area contributed by atoms with Crippen LogP contribution in [-0.2, 0) is 30.7 Å². The summed E-state index contributed by atoms with van der Waals surface area (Å²) in [6.07, 6.45) is 6.40. The van der Waals surface area contributed by atoms with Gasteiger partial charge in [0.2, 0.25) is 0 Å². The first-order valence-electron chi connectivity index (χ1n) is 13.2. The molecule has 3 aromatic rings. The molecule has 4 heterocycles. The van der Waals surface area contributed by atoms with Crippen molar-refractivity contribution < 1.29 is 14.3 Å². The number of urea groups is 1. The average Bonchev–Trinajstić information content (AvgIpc) is 3.47. The second-order valence-corrected chi connectivity index (χ2v) is 10.3. The number of fused-ring (bicyclic) bond motifs is 1. The predicted octanol–water partition coefficient (Wildman–Crippen LogP) is 4.06. The van der Waals surface area contributed by atoms with Gasteiger partial charge in [-0.15, -0.1) is 0 Å². The maximum absolute atomic E-state index is 13.9. The maximum atomic E-state index is 13.9. The number of likely N-dealkylation sites (tertiary alicyclic amines) is 1. The zero-order chi connectivity index (χ0) is 25.2. The monoisotopic (exact) mass is 496 g/mol. The van der Waals surface area contributed by atoms with Crippen molar-refractivity contribution in [3.8, 4) is 5.75 Å². The molecule has 0 unspecified atom stereocenters. The first-order valence-corrected chi connectivity index (χ1v) is 13.2. The Bertz CT molecular complexity index is 1270. The molecule has 0 N–H and O–H groups in total. The Labute approximate surface area is 217 Å². The fourth-order valence-corrected chi connectivity index (χ4v) is 5.95. The first kappa shape index (κ1) is 23.7. The van der Waals surface area contributed by atoms with Gasteiger partial charge in [-0.3, -0.25) is 19.6 Å². The van der Waals surface area contributed by atoms with E-state index in [-0.39, 0.29) is 18.5 Å². The molecular weight excluding hydrogens is 464 g/mol. The molecule has 0 radical (unpaired) electrons. The van der Waals surface area contributed by atoms with Crippen molar-refractivity contribution in [3.05, 3.63) is 95.3 Å². The fraction of sp³-hybridized carbons (Fsp3) is 0.367. The molecular formula is C30H32N4O3. The van der Waals surface area contributed by atoms with Crippen LogP contribution < -0.4 is 4.74 Å². The summed E-state index contributed by atoms with van der Waals surface area (Å²) >= 11 is 0. The third kappa shape index (κ3) is 4.60. The average molecular weight is 497 g/mol.